The van der Waals surface area contributed by atoms with E-state index in [1.54, 1.807) is 20.0 Å². The number of aromatic nitrogens is 1. The molecule has 0 aliphatic carbocycles. The lowest BCUT2D eigenvalue weighted by Gasteiger charge is -2.20. The predicted octanol–water partition coefficient (Wildman–Crippen LogP) is 1.45. The number of nitrogens with zero attached hydrogens (tertiary/aromatic N) is 1. The Morgan fingerprint density at radius 2 is 2.16 bits per heavy atom. The number of urea groups is 1. The van der Waals surface area contributed by atoms with Gasteiger partial charge in [-0.3, -0.25) is 4.79 Å². The lowest BCUT2D eigenvalue weighted by atomic mass is 9.94. The van der Waals surface area contributed by atoms with Gasteiger partial charge in [-0.05, 0) is 27.7 Å². The molecule has 3 N–H and O–H groups in total. The third-order valence-electron chi connectivity index (χ3n) is 2.63. The maximum absolute atomic E-state index is 11.6. The van der Waals surface area contributed by atoms with E-state index < -0.39 is 17.4 Å². The van der Waals surface area contributed by atoms with Crippen molar-refractivity contribution in [2.24, 2.45) is 5.41 Å². The molecular formula is C12H19N3O4. The fraction of sp³-hybridized carbons (Fsp3) is 0.583. The van der Waals surface area contributed by atoms with E-state index in [0.29, 0.717) is 11.7 Å². The van der Waals surface area contributed by atoms with Crippen LogP contribution in [0.3, 0.4) is 0 Å². The van der Waals surface area contributed by atoms with Gasteiger partial charge in [-0.15, -0.1) is 0 Å². The summed E-state index contributed by atoms with van der Waals surface area (Å²) in [5, 5.41) is 14.1. The van der Waals surface area contributed by atoms with Crippen molar-refractivity contribution in [2.45, 2.75) is 33.7 Å². The van der Waals surface area contributed by atoms with Gasteiger partial charge in [0.1, 0.15) is 11.8 Å². The van der Waals surface area contributed by atoms with Gasteiger partial charge < -0.3 is 20.2 Å². The number of rotatable bonds is 5. The van der Waals surface area contributed by atoms with E-state index in [4.69, 9.17) is 9.52 Å². The monoisotopic (exact) mass is 269 g/mol. The van der Waals surface area contributed by atoms with E-state index in [-0.39, 0.29) is 12.6 Å². The summed E-state index contributed by atoms with van der Waals surface area (Å²) >= 11 is 0. The maximum atomic E-state index is 11.6. The summed E-state index contributed by atoms with van der Waals surface area (Å²) in [5.74, 6) is 0.102. The molecule has 0 radical (unpaired) electrons. The standard InChI is InChI=1S/C12H19N3O4/c1-7-5-13-9(19-7)8(2)15-11(18)14-6-12(3,4)10(16)17/h5,8H,6H2,1-4H3,(H,16,17)(H2,14,15,18). The minimum Gasteiger partial charge on any atom is -0.481 e. The van der Waals surface area contributed by atoms with Crippen LogP contribution in [0.2, 0.25) is 0 Å². The molecule has 0 bridgehead atoms. The first kappa shape index (κ1) is 15.0. The molecule has 1 aromatic heterocycles. The number of carboxylic acids is 1. The van der Waals surface area contributed by atoms with Crippen LogP contribution in [0.1, 0.15) is 38.5 Å². The number of carbonyl (C=O) groups is 2. The zero-order valence-electron chi connectivity index (χ0n) is 11.5. The number of aryl methyl sites for hydroxylation is 1. The number of amides is 2. The Morgan fingerprint density at radius 3 is 2.63 bits per heavy atom. The van der Waals surface area contributed by atoms with Gasteiger partial charge in [0.05, 0.1) is 11.6 Å². The predicted molar refractivity (Wildman–Crippen MR) is 67.6 cm³/mol. The van der Waals surface area contributed by atoms with Crippen molar-refractivity contribution in [1.29, 1.82) is 0 Å². The van der Waals surface area contributed by atoms with Gasteiger partial charge in [0, 0.05) is 6.54 Å². The minimum absolute atomic E-state index is 0.0332. The second-order valence-corrected chi connectivity index (χ2v) is 5.05. The molecule has 0 aliphatic rings. The molecule has 0 saturated carbocycles. The average molecular weight is 269 g/mol. The zero-order valence-corrected chi connectivity index (χ0v) is 11.5. The molecule has 0 aliphatic heterocycles. The number of nitrogens with one attached hydrogen (secondary N) is 2. The minimum atomic E-state index is -1.01. The van der Waals surface area contributed by atoms with Crippen molar-refractivity contribution in [3.8, 4) is 0 Å². The van der Waals surface area contributed by atoms with Crippen LogP contribution in [-0.4, -0.2) is 28.6 Å². The molecule has 1 heterocycles. The van der Waals surface area contributed by atoms with Crippen LogP contribution in [0.15, 0.2) is 10.6 Å². The van der Waals surface area contributed by atoms with E-state index in [9.17, 15) is 9.59 Å². The molecule has 0 spiro atoms. The van der Waals surface area contributed by atoms with Crippen molar-refractivity contribution in [2.75, 3.05) is 6.54 Å². The molecule has 2 amide bonds. The highest BCUT2D eigenvalue weighted by atomic mass is 16.4. The summed E-state index contributed by atoms with van der Waals surface area (Å²) in [4.78, 5) is 26.5. The second kappa shape index (κ2) is 5.73. The summed E-state index contributed by atoms with van der Waals surface area (Å²) in [6, 6.07) is -0.848. The van der Waals surface area contributed by atoms with E-state index >= 15 is 0 Å². The van der Waals surface area contributed by atoms with Crippen LogP contribution in [0.5, 0.6) is 0 Å². The smallest absolute Gasteiger partial charge is 0.315 e. The number of oxazole rings is 1. The van der Waals surface area contributed by atoms with Gasteiger partial charge >= 0.3 is 12.0 Å². The number of carbonyl (C=O) groups excluding carboxylic acids is 1. The normalized spacial score (nSPS) is 12.8. The molecule has 0 fully saturated rings. The Morgan fingerprint density at radius 1 is 1.53 bits per heavy atom. The number of hydrogen-bond donors (Lipinski definition) is 3. The summed E-state index contributed by atoms with van der Waals surface area (Å²) in [6.07, 6.45) is 1.57. The first-order valence-electron chi connectivity index (χ1n) is 5.92. The Labute approximate surface area is 111 Å². The largest absolute Gasteiger partial charge is 0.481 e. The highest BCUT2D eigenvalue weighted by Crippen LogP contribution is 2.14. The van der Waals surface area contributed by atoms with Crippen LogP contribution in [0.4, 0.5) is 4.79 Å². The third-order valence-corrected chi connectivity index (χ3v) is 2.63. The number of hydrogen-bond acceptors (Lipinski definition) is 4. The van der Waals surface area contributed by atoms with E-state index in [2.05, 4.69) is 15.6 Å². The van der Waals surface area contributed by atoms with Crippen LogP contribution in [0.25, 0.3) is 0 Å². The third kappa shape index (κ3) is 4.27. The fourth-order valence-corrected chi connectivity index (χ4v) is 1.26. The van der Waals surface area contributed by atoms with E-state index in [1.165, 1.54) is 13.8 Å². The van der Waals surface area contributed by atoms with Crippen LogP contribution >= 0.6 is 0 Å². The van der Waals surface area contributed by atoms with Crippen LogP contribution < -0.4 is 10.6 Å². The first-order valence-corrected chi connectivity index (χ1v) is 5.92. The van der Waals surface area contributed by atoms with Crippen molar-refractivity contribution in [3.63, 3.8) is 0 Å². The lowest BCUT2D eigenvalue weighted by Crippen LogP contribution is -2.44. The van der Waals surface area contributed by atoms with Gasteiger partial charge in [-0.1, -0.05) is 0 Å². The highest BCUT2D eigenvalue weighted by molar-refractivity contribution is 5.77. The van der Waals surface area contributed by atoms with Gasteiger partial charge in [0.2, 0.25) is 5.89 Å². The lowest BCUT2D eigenvalue weighted by molar-refractivity contribution is -0.146. The Kier molecular flexibility index (Phi) is 4.52. The number of carboxylic acid groups (broad SMARTS) is 1. The summed E-state index contributed by atoms with van der Waals surface area (Å²) in [5.41, 5.74) is -1.01. The molecule has 1 rings (SSSR count). The zero-order chi connectivity index (χ0) is 14.6. The molecule has 1 aromatic rings. The van der Waals surface area contributed by atoms with Crippen LogP contribution in [0, 0.1) is 12.3 Å². The SMILES string of the molecule is Cc1cnc(C(C)NC(=O)NCC(C)(C)C(=O)O)o1. The Bertz CT molecular complexity index is 467. The molecule has 7 nitrogen and oxygen atoms in total. The number of aliphatic carboxylic acids is 1. The van der Waals surface area contributed by atoms with Crippen molar-refractivity contribution in [3.05, 3.63) is 17.8 Å². The van der Waals surface area contributed by atoms with Crippen molar-refractivity contribution in [1.82, 2.24) is 15.6 Å². The van der Waals surface area contributed by atoms with Gasteiger partial charge in [0.15, 0.2) is 0 Å². The molecular weight excluding hydrogens is 250 g/mol. The Balaban J connectivity index is 2.46. The quantitative estimate of drug-likeness (QED) is 0.750. The first-order chi connectivity index (χ1) is 8.72. The fourth-order valence-electron chi connectivity index (χ4n) is 1.26. The van der Waals surface area contributed by atoms with E-state index in [0.717, 1.165) is 0 Å². The molecule has 1 unspecified atom stereocenters. The van der Waals surface area contributed by atoms with Crippen LogP contribution in [-0.2, 0) is 4.79 Å². The van der Waals surface area contributed by atoms with Gasteiger partial charge in [-0.25, -0.2) is 9.78 Å². The molecule has 0 saturated heterocycles. The van der Waals surface area contributed by atoms with Crippen molar-refractivity contribution < 1.29 is 19.1 Å². The molecule has 1 atom stereocenters. The van der Waals surface area contributed by atoms with Gasteiger partial charge in [0.25, 0.3) is 0 Å². The summed E-state index contributed by atoms with van der Waals surface area (Å²) in [6.45, 7) is 6.60. The molecule has 7 heteroatoms. The van der Waals surface area contributed by atoms with E-state index in [1.807, 2.05) is 0 Å². The average Bonchev–Trinajstić information content (AvgIpc) is 2.73. The molecule has 19 heavy (non-hydrogen) atoms. The Hall–Kier alpha value is -2.05. The molecule has 0 aromatic carbocycles. The highest BCUT2D eigenvalue weighted by Gasteiger charge is 2.27. The van der Waals surface area contributed by atoms with Crippen molar-refractivity contribution >= 4 is 12.0 Å². The maximum Gasteiger partial charge on any atom is 0.315 e. The van der Waals surface area contributed by atoms with Gasteiger partial charge in [-0.2, -0.15) is 0 Å². The topological polar surface area (TPSA) is 104 Å². The summed E-state index contributed by atoms with van der Waals surface area (Å²) in [7, 11) is 0. The molecule has 106 valence electrons. The summed E-state index contributed by atoms with van der Waals surface area (Å²) < 4.78 is 5.28. The second-order valence-electron chi connectivity index (χ2n) is 5.05.